The molecule has 0 bridgehead atoms. The molecule has 0 radical (unpaired) electrons. The van der Waals surface area contributed by atoms with Crippen LogP contribution >= 0.6 is 0 Å². The third kappa shape index (κ3) is 3.57. The maximum Gasteiger partial charge on any atom is 0.251 e. The Bertz CT molecular complexity index is 405. The molecule has 0 saturated heterocycles. The van der Waals surface area contributed by atoms with E-state index in [0.29, 0.717) is 11.5 Å². The summed E-state index contributed by atoms with van der Waals surface area (Å²) in [7, 11) is 0. The van der Waals surface area contributed by atoms with E-state index in [1.54, 1.807) is 0 Å². The second-order valence-corrected chi connectivity index (χ2v) is 5.74. The van der Waals surface area contributed by atoms with Crippen molar-refractivity contribution in [3.8, 4) is 0 Å². The maximum atomic E-state index is 12.1. The molecule has 0 aliphatic rings. The molecule has 0 aromatic heterocycles. The van der Waals surface area contributed by atoms with Crippen LogP contribution in [0.25, 0.3) is 0 Å². The number of nitrogens with two attached hydrogens (primary N) is 1. The molecular weight excluding hydrogens is 224 g/mol. The Morgan fingerprint density at radius 3 is 2.06 bits per heavy atom. The molecule has 1 amide bonds. The number of carbonyl (C=O) groups excluding carboxylic acids is 1. The molecule has 1 unspecified atom stereocenters. The number of hydrogen-bond donors (Lipinski definition) is 2. The molecule has 0 aliphatic carbocycles. The Kier molecular flexibility index (Phi) is 4.52. The van der Waals surface area contributed by atoms with Crippen molar-refractivity contribution in [1.82, 2.24) is 5.32 Å². The van der Waals surface area contributed by atoms with Crippen LogP contribution in [0, 0.1) is 0 Å². The highest BCUT2D eigenvalue weighted by atomic mass is 16.1. The average molecular weight is 248 g/mol. The van der Waals surface area contributed by atoms with Crippen LogP contribution in [0.15, 0.2) is 24.3 Å². The first-order valence-corrected chi connectivity index (χ1v) is 6.42. The van der Waals surface area contributed by atoms with E-state index in [1.807, 2.05) is 45.0 Å². The fourth-order valence-electron chi connectivity index (χ4n) is 1.50. The van der Waals surface area contributed by atoms with Gasteiger partial charge in [-0.15, -0.1) is 0 Å². The Labute approximate surface area is 110 Å². The van der Waals surface area contributed by atoms with E-state index < -0.39 is 5.54 Å². The van der Waals surface area contributed by atoms with E-state index in [0.717, 1.165) is 0 Å². The highest BCUT2D eigenvalue weighted by Gasteiger charge is 2.25. The number of amides is 1. The lowest BCUT2D eigenvalue weighted by atomic mass is 9.96. The van der Waals surface area contributed by atoms with E-state index in [-0.39, 0.29) is 11.9 Å². The third-order valence-corrected chi connectivity index (χ3v) is 3.41. The molecule has 1 atom stereocenters. The van der Waals surface area contributed by atoms with Gasteiger partial charge in [-0.25, -0.2) is 0 Å². The number of carbonyl (C=O) groups is 1. The summed E-state index contributed by atoms with van der Waals surface area (Å²) in [5.41, 5.74) is 7.35. The van der Waals surface area contributed by atoms with Crippen molar-refractivity contribution < 1.29 is 4.79 Å². The monoisotopic (exact) mass is 248 g/mol. The van der Waals surface area contributed by atoms with Gasteiger partial charge in [-0.05, 0) is 44.4 Å². The van der Waals surface area contributed by atoms with Crippen molar-refractivity contribution in [2.75, 3.05) is 0 Å². The van der Waals surface area contributed by atoms with Gasteiger partial charge in [0.15, 0.2) is 0 Å². The summed E-state index contributed by atoms with van der Waals surface area (Å²) in [4.78, 5) is 12.1. The van der Waals surface area contributed by atoms with Crippen LogP contribution in [-0.2, 0) is 0 Å². The molecule has 0 heterocycles. The molecule has 0 aliphatic heterocycles. The van der Waals surface area contributed by atoms with Gasteiger partial charge in [0.25, 0.3) is 5.91 Å². The summed E-state index contributed by atoms with van der Waals surface area (Å²) in [5.74, 6) is 0.398. The summed E-state index contributed by atoms with van der Waals surface area (Å²) in [5, 5.41) is 2.96. The SMILES string of the molecule is CC(C)c1ccc(C(=O)NC(C)(C)C(C)N)cc1. The van der Waals surface area contributed by atoms with Crippen LogP contribution in [0.2, 0.25) is 0 Å². The summed E-state index contributed by atoms with van der Waals surface area (Å²) in [6.45, 7) is 10.0. The molecule has 0 saturated carbocycles. The van der Waals surface area contributed by atoms with E-state index in [1.165, 1.54) is 5.56 Å². The zero-order valence-electron chi connectivity index (χ0n) is 11.9. The standard InChI is InChI=1S/C15H24N2O/c1-10(2)12-6-8-13(9-7-12)14(18)17-15(4,5)11(3)16/h6-11H,16H2,1-5H3,(H,17,18). The van der Waals surface area contributed by atoms with Gasteiger partial charge in [-0.1, -0.05) is 26.0 Å². The molecule has 0 fully saturated rings. The predicted molar refractivity (Wildman–Crippen MR) is 75.7 cm³/mol. The minimum atomic E-state index is -0.409. The van der Waals surface area contributed by atoms with Crippen molar-refractivity contribution >= 4 is 5.91 Å². The quantitative estimate of drug-likeness (QED) is 0.860. The minimum absolute atomic E-state index is 0.0763. The average Bonchev–Trinajstić information content (AvgIpc) is 2.28. The van der Waals surface area contributed by atoms with E-state index in [9.17, 15) is 4.79 Å². The summed E-state index contributed by atoms with van der Waals surface area (Å²) in [6.07, 6.45) is 0. The molecule has 3 heteroatoms. The van der Waals surface area contributed by atoms with Gasteiger partial charge in [-0.2, -0.15) is 0 Å². The molecule has 1 rings (SSSR count). The normalized spacial score (nSPS) is 13.5. The van der Waals surface area contributed by atoms with E-state index in [2.05, 4.69) is 19.2 Å². The van der Waals surface area contributed by atoms with Crippen LogP contribution in [0.4, 0.5) is 0 Å². The first-order valence-electron chi connectivity index (χ1n) is 6.42. The summed E-state index contributed by atoms with van der Waals surface area (Å²) in [6, 6.07) is 7.62. The smallest absolute Gasteiger partial charge is 0.251 e. The molecule has 3 N–H and O–H groups in total. The Morgan fingerprint density at radius 2 is 1.67 bits per heavy atom. The van der Waals surface area contributed by atoms with Crippen LogP contribution in [0.3, 0.4) is 0 Å². The van der Waals surface area contributed by atoms with Gasteiger partial charge in [0.2, 0.25) is 0 Å². The van der Waals surface area contributed by atoms with Gasteiger partial charge in [0.1, 0.15) is 0 Å². The first-order chi connectivity index (χ1) is 8.24. The molecule has 18 heavy (non-hydrogen) atoms. The number of benzene rings is 1. The topological polar surface area (TPSA) is 55.1 Å². The number of nitrogens with one attached hydrogen (secondary N) is 1. The summed E-state index contributed by atoms with van der Waals surface area (Å²) >= 11 is 0. The van der Waals surface area contributed by atoms with Crippen molar-refractivity contribution in [3.63, 3.8) is 0 Å². The lowest BCUT2D eigenvalue weighted by Crippen LogP contribution is -2.54. The van der Waals surface area contributed by atoms with Crippen molar-refractivity contribution in [2.45, 2.75) is 52.1 Å². The maximum absolute atomic E-state index is 12.1. The van der Waals surface area contributed by atoms with Crippen LogP contribution < -0.4 is 11.1 Å². The molecular formula is C15H24N2O. The Hall–Kier alpha value is -1.35. The molecule has 100 valence electrons. The highest BCUT2D eigenvalue weighted by molar-refractivity contribution is 5.94. The first kappa shape index (κ1) is 14.7. The highest BCUT2D eigenvalue weighted by Crippen LogP contribution is 2.15. The predicted octanol–water partition coefficient (Wildman–Crippen LogP) is 2.67. The van der Waals surface area contributed by atoms with Gasteiger partial charge < -0.3 is 11.1 Å². The third-order valence-electron chi connectivity index (χ3n) is 3.41. The Balaban J connectivity index is 2.79. The second kappa shape index (κ2) is 5.53. The lowest BCUT2D eigenvalue weighted by Gasteiger charge is -2.30. The fourth-order valence-corrected chi connectivity index (χ4v) is 1.50. The van der Waals surface area contributed by atoms with Crippen LogP contribution in [0.1, 0.15) is 56.5 Å². The lowest BCUT2D eigenvalue weighted by molar-refractivity contribution is 0.0903. The van der Waals surface area contributed by atoms with Gasteiger partial charge in [0, 0.05) is 17.1 Å². The van der Waals surface area contributed by atoms with Crippen LogP contribution in [-0.4, -0.2) is 17.5 Å². The largest absolute Gasteiger partial charge is 0.346 e. The van der Waals surface area contributed by atoms with E-state index in [4.69, 9.17) is 5.73 Å². The van der Waals surface area contributed by atoms with Crippen LogP contribution in [0.5, 0.6) is 0 Å². The molecule has 1 aromatic rings. The Morgan fingerprint density at radius 1 is 1.17 bits per heavy atom. The van der Waals surface area contributed by atoms with Gasteiger partial charge >= 0.3 is 0 Å². The van der Waals surface area contributed by atoms with Crippen molar-refractivity contribution in [2.24, 2.45) is 5.73 Å². The fraction of sp³-hybridized carbons (Fsp3) is 0.533. The summed E-state index contributed by atoms with van der Waals surface area (Å²) < 4.78 is 0. The van der Waals surface area contributed by atoms with Crippen molar-refractivity contribution in [3.05, 3.63) is 35.4 Å². The minimum Gasteiger partial charge on any atom is -0.346 e. The molecule has 3 nitrogen and oxygen atoms in total. The van der Waals surface area contributed by atoms with Gasteiger partial charge in [0.05, 0.1) is 0 Å². The zero-order chi connectivity index (χ0) is 13.9. The number of hydrogen-bond acceptors (Lipinski definition) is 2. The molecule has 0 spiro atoms. The van der Waals surface area contributed by atoms with E-state index >= 15 is 0 Å². The second-order valence-electron chi connectivity index (χ2n) is 5.74. The molecule has 1 aromatic carbocycles. The van der Waals surface area contributed by atoms with Crippen molar-refractivity contribution in [1.29, 1.82) is 0 Å². The van der Waals surface area contributed by atoms with Gasteiger partial charge in [-0.3, -0.25) is 4.79 Å². The zero-order valence-corrected chi connectivity index (χ0v) is 11.9. The number of rotatable bonds is 4.